The average Bonchev–Trinajstić information content (AvgIpc) is 3.31. The van der Waals surface area contributed by atoms with Crippen molar-refractivity contribution in [1.82, 2.24) is 19.7 Å². The fraction of sp³-hybridized carbons (Fsp3) is 0.444. The number of carbonyl (C=O) groups excluding carboxylic acids is 1. The van der Waals surface area contributed by atoms with E-state index in [4.69, 9.17) is 0 Å². The second-order valence-electron chi connectivity index (χ2n) is 6.77. The van der Waals surface area contributed by atoms with Crippen LogP contribution in [0.25, 0.3) is 5.69 Å². The lowest BCUT2D eigenvalue weighted by Gasteiger charge is -2.25. The quantitative estimate of drug-likeness (QED) is 0.855. The van der Waals surface area contributed by atoms with Crippen LogP contribution in [0.15, 0.2) is 24.3 Å². The maximum absolute atomic E-state index is 14.2. The lowest BCUT2D eigenvalue weighted by molar-refractivity contribution is -0.141. The first-order valence-electron chi connectivity index (χ1n) is 8.58. The molecule has 0 aliphatic heterocycles. The van der Waals surface area contributed by atoms with Crippen molar-refractivity contribution < 1.29 is 19.1 Å². The third kappa shape index (κ3) is 3.31. The van der Waals surface area contributed by atoms with Crippen LogP contribution in [0.1, 0.15) is 56.0 Å². The van der Waals surface area contributed by atoms with Gasteiger partial charge in [-0.05, 0) is 31.9 Å². The number of para-hydroxylation sites is 1. The first kappa shape index (κ1) is 18.0. The van der Waals surface area contributed by atoms with Crippen LogP contribution < -0.4 is 0 Å². The molecule has 1 saturated carbocycles. The van der Waals surface area contributed by atoms with Gasteiger partial charge in [-0.2, -0.15) is 0 Å². The summed E-state index contributed by atoms with van der Waals surface area (Å²) in [5, 5.41) is 13.5. The number of carboxylic acid groups (broad SMARTS) is 1. The molecule has 1 aliphatic carbocycles. The molecule has 2 aromatic rings. The van der Waals surface area contributed by atoms with Gasteiger partial charge in [0.15, 0.2) is 0 Å². The molecule has 0 saturated heterocycles. The first-order valence-corrected chi connectivity index (χ1v) is 8.58. The van der Waals surface area contributed by atoms with Crippen LogP contribution in [-0.2, 0) is 4.79 Å². The molecule has 1 aliphatic rings. The van der Waals surface area contributed by atoms with Crippen LogP contribution in [0.4, 0.5) is 4.39 Å². The summed E-state index contributed by atoms with van der Waals surface area (Å²) < 4.78 is 15.5. The highest BCUT2D eigenvalue weighted by Crippen LogP contribution is 2.30. The first-order chi connectivity index (χ1) is 12.3. The van der Waals surface area contributed by atoms with E-state index in [-0.39, 0.29) is 23.5 Å². The molecule has 3 rings (SSSR count). The van der Waals surface area contributed by atoms with Gasteiger partial charge in [0, 0.05) is 12.0 Å². The summed E-state index contributed by atoms with van der Waals surface area (Å²) >= 11 is 0. The number of carboxylic acids is 1. The Morgan fingerprint density at radius 1 is 1.27 bits per heavy atom. The van der Waals surface area contributed by atoms with Gasteiger partial charge >= 0.3 is 5.97 Å². The normalized spacial score (nSPS) is 15.1. The van der Waals surface area contributed by atoms with E-state index in [0.717, 1.165) is 12.8 Å². The van der Waals surface area contributed by atoms with Gasteiger partial charge < -0.3 is 10.0 Å². The van der Waals surface area contributed by atoms with Crippen LogP contribution in [0, 0.1) is 5.82 Å². The van der Waals surface area contributed by atoms with Gasteiger partial charge in [-0.1, -0.05) is 26.0 Å². The molecular formula is C18H21FN4O3. The van der Waals surface area contributed by atoms with Crippen molar-refractivity contribution in [3.63, 3.8) is 0 Å². The van der Waals surface area contributed by atoms with E-state index >= 15 is 0 Å². The summed E-state index contributed by atoms with van der Waals surface area (Å²) in [6, 6.07) is 5.03. The van der Waals surface area contributed by atoms with Crippen molar-refractivity contribution in [3.05, 3.63) is 41.7 Å². The highest BCUT2D eigenvalue weighted by atomic mass is 19.1. The zero-order chi connectivity index (χ0) is 19.0. The molecule has 1 atom stereocenters. The molecule has 0 radical (unpaired) electrons. The highest BCUT2D eigenvalue weighted by molar-refractivity contribution is 5.94. The molecule has 26 heavy (non-hydrogen) atoms. The van der Waals surface area contributed by atoms with Crippen LogP contribution in [-0.4, -0.2) is 48.7 Å². The van der Waals surface area contributed by atoms with Crippen molar-refractivity contribution in [3.8, 4) is 5.69 Å². The molecule has 8 heteroatoms. The summed E-state index contributed by atoms with van der Waals surface area (Å²) in [5.74, 6) is -1.87. The third-order valence-corrected chi connectivity index (χ3v) is 4.37. The lowest BCUT2D eigenvalue weighted by atomic mass is 10.2. The fourth-order valence-electron chi connectivity index (χ4n) is 2.83. The van der Waals surface area contributed by atoms with E-state index in [2.05, 4.69) is 10.1 Å². The minimum absolute atomic E-state index is 0.102. The number of amides is 1. The van der Waals surface area contributed by atoms with Crippen molar-refractivity contribution in [1.29, 1.82) is 0 Å². The van der Waals surface area contributed by atoms with Crippen LogP contribution in [0.2, 0.25) is 0 Å². The Labute approximate surface area is 150 Å². The maximum Gasteiger partial charge on any atom is 0.326 e. The summed E-state index contributed by atoms with van der Waals surface area (Å²) in [5.41, 5.74) is 0.201. The number of rotatable bonds is 6. The van der Waals surface area contributed by atoms with E-state index in [0.29, 0.717) is 5.82 Å². The van der Waals surface area contributed by atoms with Crippen molar-refractivity contribution >= 4 is 11.9 Å². The number of aliphatic carboxylic acids is 1. The summed E-state index contributed by atoms with van der Waals surface area (Å²) in [4.78, 5) is 29.9. The van der Waals surface area contributed by atoms with E-state index in [9.17, 15) is 19.1 Å². The molecule has 0 spiro atoms. The number of hydrogen-bond acceptors (Lipinski definition) is 4. The topological polar surface area (TPSA) is 88.3 Å². The number of halogens is 1. The molecule has 7 nitrogen and oxygen atoms in total. The number of aromatic nitrogens is 3. The second-order valence-corrected chi connectivity index (χ2v) is 6.77. The van der Waals surface area contributed by atoms with Gasteiger partial charge in [-0.25, -0.2) is 18.9 Å². The average molecular weight is 360 g/mol. The van der Waals surface area contributed by atoms with Gasteiger partial charge in [0.25, 0.3) is 5.91 Å². The van der Waals surface area contributed by atoms with E-state index in [1.54, 1.807) is 18.2 Å². The predicted octanol–water partition coefficient (Wildman–Crippen LogP) is 2.61. The molecule has 1 unspecified atom stereocenters. The maximum atomic E-state index is 14.2. The Morgan fingerprint density at radius 3 is 2.46 bits per heavy atom. The third-order valence-electron chi connectivity index (χ3n) is 4.37. The Kier molecular flexibility index (Phi) is 4.76. The molecule has 1 N–H and O–H groups in total. The Hall–Kier alpha value is -2.77. The van der Waals surface area contributed by atoms with Gasteiger partial charge in [-0.15, -0.1) is 5.10 Å². The summed E-state index contributed by atoms with van der Waals surface area (Å²) in [6.07, 6.45) is 1.52. The highest BCUT2D eigenvalue weighted by Gasteiger charge is 2.40. The zero-order valence-electron chi connectivity index (χ0n) is 14.9. The molecule has 1 amide bonds. The number of carbonyl (C=O) groups is 2. The van der Waals surface area contributed by atoms with E-state index < -0.39 is 23.7 Å². The second kappa shape index (κ2) is 6.86. The molecule has 1 fully saturated rings. The molecule has 0 bridgehead atoms. The van der Waals surface area contributed by atoms with Crippen molar-refractivity contribution in [2.24, 2.45) is 0 Å². The Bertz CT molecular complexity index is 845. The van der Waals surface area contributed by atoms with Gasteiger partial charge in [0.05, 0.1) is 0 Å². The SMILES string of the molecule is CC(C)c1nc(C(=O)N(C2CC2)C(C)C(=O)O)nn1-c1ccccc1F. The van der Waals surface area contributed by atoms with Crippen molar-refractivity contribution in [2.75, 3.05) is 0 Å². The van der Waals surface area contributed by atoms with Crippen molar-refractivity contribution in [2.45, 2.75) is 51.6 Å². The fourth-order valence-corrected chi connectivity index (χ4v) is 2.83. The molecule has 1 aromatic heterocycles. The summed E-state index contributed by atoms with van der Waals surface area (Å²) in [7, 11) is 0. The number of benzene rings is 1. The molecule has 138 valence electrons. The zero-order valence-corrected chi connectivity index (χ0v) is 14.9. The molecule has 1 heterocycles. The standard InChI is InChI=1S/C18H21FN4O3/c1-10(2)16-20-15(21-23(16)14-7-5-4-6-13(14)19)17(24)22(12-8-9-12)11(3)18(25)26/h4-7,10-12H,8-9H2,1-3H3,(H,25,26). The number of hydrogen-bond donors (Lipinski definition) is 1. The van der Waals surface area contributed by atoms with Gasteiger partial charge in [-0.3, -0.25) is 4.79 Å². The molecule has 1 aromatic carbocycles. The number of nitrogens with zero attached hydrogens (tertiary/aromatic N) is 4. The van der Waals surface area contributed by atoms with E-state index in [1.165, 1.54) is 22.6 Å². The Balaban J connectivity index is 2.03. The van der Waals surface area contributed by atoms with Gasteiger partial charge in [0.1, 0.15) is 23.4 Å². The van der Waals surface area contributed by atoms with E-state index in [1.807, 2.05) is 13.8 Å². The van der Waals surface area contributed by atoms with Crippen LogP contribution in [0.3, 0.4) is 0 Å². The lowest BCUT2D eigenvalue weighted by Crippen LogP contribution is -2.45. The smallest absolute Gasteiger partial charge is 0.326 e. The van der Waals surface area contributed by atoms with Crippen LogP contribution in [0.5, 0.6) is 0 Å². The van der Waals surface area contributed by atoms with Gasteiger partial charge in [0.2, 0.25) is 5.82 Å². The molecular weight excluding hydrogens is 339 g/mol. The van der Waals surface area contributed by atoms with Crippen LogP contribution >= 0.6 is 0 Å². The minimum atomic E-state index is -1.08. The Morgan fingerprint density at radius 2 is 1.92 bits per heavy atom. The minimum Gasteiger partial charge on any atom is -0.480 e. The summed E-state index contributed by atoms with van der Waals surface area (Å²) in [6.45, 7) is 5.21. The largest absolute Gasteiger partial charge is 0.480 e. The monoisotopic (exact) mass is 360 g/mol. The predicted molar refractivity (Wildman–Crippen MR) is 91.7 cm³/mol.